The van der Waals surface area contributed by atoms with E-state index >= 15 is 0 Å². The van der Waals surface area contributed by atoms with Crippen molar-refractivity contribution in [2.24, 2.45) is 17.8 Å². The van der Waals surface area contributed by atoms with Crippen molar-refractivity contribution in [3.63, 3.8) is 0 Å². The Kier molecular flexibility index (Phi) is 3.37. The molecule has 2 nitrogen and oxygen atoms in total. The summed E-state index contributed by atoms with van der Waals surface area (Å²) in [4.78, 5) is 0. The zero-order chi connectivity index (χ0) is 12.7. The van der Waals surface area contributed by atoms with Gasteiger partial charge in [-0.25, -0.2) is 0 Å². The molecule has 2 bridgehead atoms. The van der Waals surface area contributed by atoms with Crippen LogP contribution < -0.4 is 4.74 Å². The molecular formula is C15H19BrO2. The Hall–Kier alpha value is -0.540. The molecule has 0 saturated heterocycles. The second-order valence-electron chi connectivity index (χ2n) is 5.67. The van der Waals surface area contributed by atoms with Crippen molar-refractivity contribution in [2.75, 3.05) is 7.11 Å². The summed E-state index contributed by atoms with van der Waals surface area (Å²) < 4.78 is 6.38. The third kappa shape index (κ3) is 2.08. The van der Waals surface area contributed by atoms with Crippen molar-refractivity contribution >= 4 is 15.9 Å². The van der Waals surface area contributed by atoms with E-state index < -0.39 is 0 Å². The number of hydrogen-bond acceptors (Lipinski definition) is 2. The standard InChI is InChI=1S/C15H19BrO2/c1-18-14-5-4-11(16)8-13(14)15(17)12-7-9-2-3-10(12)6-9/h4-5,8-10,12,15,17H,2-3,6-7H2,1H3. The van der Waals surface area contributed by atoms with Crippen molar-refractivity contribution < 1.29 is 9.84 Å². The molecule has 1 aromatic rings. The second kappa shape index (κ2) is 4.86. The van der Waals surface area contributed by atoms with Crippen LogP contribution in [0.4, 0.5) is 0 Å². The molecule has 0 spiro atoms. The largest absolute Gasteiger partial charge is 0.496 e. The fourth-order valence-corrected chi connectivity index (χ4v) is 4.23. The molecule has 3 heteroatoms. The predicted molar refractivity (Wildman–Crippen MR) is 74.6 cm³/mol. The average molecular weight is 311 g/mol. The first-order valence-corrected chi connectivity index (χ1v) is 7.50. The average Bonchev–Trinajstić information content (AvgIpc) is 3.00. The van der Waals surface area contributed by atoms with Crippen LogP contribution in [0.15, 0.2) is 22.7 Å². The molecule has 1 aromatic carbocycles. The highest BCUT2D eigenvalue weighted by atomic mass is 79.9. The maximum Gasteiger partial charge on any atom is 0.124 e. The van der Waals surface area contributed by atoms with Crippen molar-refractivity contribution in [2.45, 2.75) is 31.8 Å². The number of hydrogen-bond donors (Lipinski definition) is 1. The lowest BCUT2D eigenvalue weighted by Gasteiger charge is -2.28. The molecule has 0 aromatic heterocycles. The number of aliphatic hydroxyl groups excluding tert-OH is 1. The van der Waals surface area contributed by atoms with Gasteiger partial charge in [-0.2, -0.15) is 0 Å². The number of fused-ring (bicyclic) bond motifs is 2. The molecular weight excluding hydrogens is 292 g/mol. The van der Waals surface area contributed by atoms with E-state index in [1.165, 1.54) is 25.7 Å². The van der Waals surface area contributed by atoms with E-state index in [9.17, 15) is 5.11 Å². The molecule has 18 heavy (non-hydrogen) atoms. The SMILES string of the molecule is COc1ccc(Br)cc1C(O)C1CC2CCC1C2. The van der Waals surface area contributed by atoms with E-state index in [0.29, 0.717) is 11.8 Å². The minimum atomic E-state index is -0.382. The predicted octanol–water partition coefficient (Wildman–Crippen LogP) is 3.93. The van der Waals surface area contributed by atoms with Gasteiger partial charge < -0.3 is 9.84 Å². The van der Waals surface area contributed by atoms with Crippen molar-refractivity contribution in [3.8, 4) is 5.75 Å². The van der Waals surface area contributed by atoms with E-state index in [-0.39, 0.29) is 6.10 Å². The Morgan fingerprint density at radius 2 is 2.17 bits per heavy atom. The molecule has 0 aliphatic heterocycles. The topological polar surface area (TPSA) is 29.5 Å². The first-order valence-electron chi connectivity index (χ1n) is 6.70. The van der Waals surface area contributed by atoms with Gasteiger partial charge in [0, 0.05) is 10.0 Å². The fourth-order valence-electron chi connectivity index (χ4n) is 3.85. The molecule has 4 unspecified atom stereocenters. The quantitative estimate of drug-likeness (QED) is 0.916. The van der Waals surface area contributed by atoms with Crippen molar-refractivity contribution in [3.05, 3.63) is 28.2 Å². The monoisotopic (exact) mass is 310 g/mol. The summed E-state index contributed by atoms with van der Waals surface area (Å²) in [6.45, 7) is 0. The normalized spacial score (nSPS) is 31.6. The van der Waals surface area contributed by atoms with Gasteiger partial charge >= 0.3 is 0 Å². The minimum Gasteiger partial charge on any atom is -0.496 e. The summed E-state index contributed by atoms with van der Waals surface area (Å²) in [5.41, 5.74) is 0.935. The molecule has 0 amide bonds. The number of methoxy groups -OCH3 is 1. The first kappa shape index (κ1) is 12.5. The fraction of sp³-hybridized carbons (Fsp3) is 0.600. The van der Waals surface area contributed by atoms with Crippen LogP contribution in [-0.4, -0.2) is 12.2 Å². The van der Waals surface area contributed by atoms with Gasteiger partial charge in [0.15, 0.2) is 0 Å². The lowest BCUT2D eigenvalue weighted by Crippen LogP contribution is -2.19. The molecule has 2 fully saturated rings. The summed E-state index contributed by atoms with van der Waals surface area (Å²) in [5.74, 6) is 2.79. The maximum atomic E-state index is 10.7. The van der Waals surface area contributed by atoms with Gasteiger partial charge in [-0.15, -0.1) is 0 Å². The molecule has 2 saturated carbocycles. The van der Waals surface area contributed by atoms with Gasteiger partial charge in [0.2, 0.25) is 0 Å². The highest BCUT2D eigenvalue weighted by molar-refractivity contribution is 9.10. The summed E-state index contributed by atoms with van der Waals surface area (Å²) in [6, 6.07) is 5.88. The molecule has 2 aliphatic carbocycles. The van der Waals surface area contributed by atoms with Gasteiger partial charge in [-0.1, -0.05) is 22.4 Å². The van der Waals surface area contributed by atoms with E-state index in [0.717, 1.165) is 21.7 Å². The van der Waals surface area contributed by atoms with Gasteiger partial charge in [0.1, 0.15) is 5.75 Å². The van der Waals surface area contributed by atoms with E-state index in [2.05, 4.69) is 15.9 Å². The number of rotatable bonds is 3. The van der Waals surface area contributed by atoms with E-state index in [4.69, 9.17) is 4.74 Å². The van der Waals surface area contributed by atoms with Crippen LogP contribution in [-0.2, 0) is 0 Å². The Labute approximate surface area is 116 Å². The molecule has 0 radical (unpaired) electrons. The molecule has 2 aliphatic rings. The van der Waals surface area contributed by atoms with Gasteiger partial charge in [-0.3, -0.25) is 0 Å². The van der Waals surface area contributed by atoms with Crippen LogP contribution in [0.5, 0.6) is 5.75 Å². The van der Waals surface area contributed by atoms with Crippen LogP contribution in [0.1, 0.15) is 37.4 Å². The zero-order valence-electron chi connectivity index (χ0n) is 10.6. The molecule has 98 valence electrons. The van der Waals surface area contributed by atoms with Crippen molar-refractivity contribution in [1.29, 1.82) is 0 Å². The summed E-state index contributed by atoms with van der Waals surface area (Å²) in [6.07, 6.45) is 4.78. The van der Waals surface area contributed by atoms with E-state index in [1.54, 1.807) is 7.11 Å². The summed E-state index contributed by atoms with van der Waals surface area (Å²) in [7, 11) is 1.67. The minimum absolute atomic E-state index is 0.382. The Morgan fingerprint density at radius 3 is 2.78 bits per heavy atom. The zero-order valence-corrected chi connectivity index (χ0v) is 12.2. The third-order valence-corrected chi connectivity index (χ3v) is 5.20. The molecule has 1 N–H and O–H groups in total. The van der Waals surface area contributed by atoms with Crippen LogP contribution >= 0.6 is 15.9 Å². The lowest BCUT2D eigenvalue weighted by molar-refractivity contribution is 0.0722. The van der Waals surface area contributed by atoms with Crippen LogP contribution in [0, 0.1) is 17.8 Å². The smallest absolute Gasteiger partial charge is 0.124 e. The second-order valence-corrected chi connectivity index (χ2v) is 6.59. The van der Waals surface area contributed by atoms with Gasteiger partial charge in [0.25, 0.3) is 0 Å². The van der Waals surface area contributed by atoms with Gasteiger partial charge in [-0.05, 0) is 55.2 Å². The van der Waals surface area contributed by atoms with Crippen LogP contribution in [0.2, 0.25) is 0 Å². The van der Waals surface area contributed by atoms with Crippen LogP contribution in [0.3, 0.4) is 0 Å². The molecule has 0 heterocycles. The molecule has 3 rings (SSSR count). The Bertz CT molecular complexity index is 446. The van der Waals surface area contributed by atoms with Gasteiger partial charge in [0.05, 0.1) is 13.2 Å². The number of benzene rings is 1. The Balaban J connectivity index is 1.87. The Morgan fingerprint density at radius 1 is 1.33 bits per heavy atom. The number of aliphatic hydroxyl groups is 1. The molecule has 4 atom stereocenters. The highest BCUT2D eigenvalue weighted by Gasteiger charge is 2.43. The van der Waals surface area contributed by atoms with E-state index in [1.807, 2.05) is 18.2 Å². The lowest BCUT2D eigenvalue weighted by atomic mass is 9.82. The van der Waals surface area contributed by atoms with Crippen LogP contribution in [0.25, 0.3) is 0 Å². The third-order valence-electron chi connectivity index (χ3n) is 4.71. The first-order chi connectivity index (χ1) is 8.69. The van der Waals surface area contributed by atoms with Crippen molar-refractivity contribution in [1.82, 2.24) is 0 Å². The maximum absolute atomic E-state index is 10.7. The number of ether oxygens (including phenoxy) is 1. The number of halogens is 1. The highest BCUT2D eigenvalue weighted by Crippen LogP contribution is 2.53. The summed E-state index contributed by atoms with van der Waals surface area (Å²) >= 11 is 3.48. The summed E-state index contributed by atoms with van der Waals surface area (Å²) in [5, 5.41) is 10.7.